The second-order valence-corrected chi connectivity index (χ2v) is 6.88. The van der Waals surface area contributed by atoms with Gasteiger partial charge in [0.05, 0.1) is 0 Å². The molecule has 2 heteroatoms. The normalized spacial score (nSPS) is 12.7. The molecule has 0 aromatic rings. The summed E-state index contributed by atoms with van der Waals surface area (Å²) in [7, 11) is 0. The second-order valence-electron chi connectivity index (χ2n) is 6.88. The summed E-state index contributed by atoms with van der Waals surface area (Å²) >= 11 is 0. The van der Waals surface area contributed by atoms with Crippen LogP contribution in [0.15, 0.2) is 0 Å². The van der Waals surface area contributed by atoms with E-state index >= 15 is 0 Å². The molecule has 1 N–H and O–H groups in total. The molecule has 110 valence electrons. The minimum Gasteiger partial charge on any atom is -0.312 e. The van der Waals surface area contributed by atoms with E-state index in [1.165, 1.54) is 45.3 Å². The highest BCUT2D eigenvalue weighted by atomic mass is 15.1. The van der Waals surface area contributed by atoms with E-state index in [0.717, 1.165) is 12.5 Å². The predicted octanol–water partition coefficient (Wildman–Crippen LogP) is 3.91. The van der Waals surface area contributed by atoms with E-state index < -0.39 is 0 Å². The monoisotopic (exact) mass is 256 g/mol. The number of nitrogens with zero attached hydrogens (tertiary/aromatic N) is 1. The van der Waals surface area contributed by atoms with Gasteiger partial charge in [-0.25, -0.2) is 0 Å². The van der Waals surface area contributed by atoms with Crippen molar-refractivity contribution in [1.29, 1.82) is 0 Å². The first-order chi connectivity index (χ1) is 8.35. The van der Waals surface area contributed by atoms with Crippen molar-refractivity contribution in [3.05, 3.63) is 0 Å². The topological polar surface area (TPSA) is 15.3 Å². The SMILES string of the molecule is CCN(CCCCCCNC(C)(C)C)CC(C)C. The van der Waals surface area contributed by atoms with Crippen LogP contribution in [0.5, 0.6) is 0 Å². The molecular weight excluding hydrogens is 220 g/mol. The summed E-state index contributed by atoms with van der Waals surface area (Å²) in [5, 5.41) is 3.55. The first-order valence-electron chi connectivity index (χ1n) is 7.82. The molecule has 0 saturated carbocycles. The van der Waals surface area contributed by atoms with Gasteiger partial charge in [-0.15, -0.1) is 0 Å². The predicted molar refractivity (Wildman–Crippen MR) is 83.2 cm³/mol. The summed E-state index contributed by atoms with van der Waals surface area (Å²) in [4.78, 5) is 2.58. The molecule has 0 rings (SSSR count). The van der Waals surface area contributed by atoms with Gasteiger partial charge in [0.2, 0.25) is 0 Å². The zero-order chi connectivity index (χ0) is 14.0. The van der Waals surface area contributed by atoms with Crippen molar-refractivity contribution in [2.75, 3.05) is 26.2 Å². The smallest absolute Gasteiger partial charge is 0.00965 e. The average molecular weight is 256 g/mol. The fraction of sp³-hybridized carbons (Fsp3) is 1.00. The largest absolute Gasteiger partial charge is 0.312 e. The lowest BCUT2D eigenvalue weighted by molar-refractivity contribution is 0.250. The molecule has 0 aromatic heterocycles. The van der Waals surface area contributed by atoms with Gasteiger partial charge in [0.1, 0.15) is 0 Å². The summed E-state index contributed by atoms with van der Waals surface area (Å²) in [5.41, 5.74) is 0.274. The molecule has 0 atom stereocenters. The molecule has 0 aliphatic rings. The molecule has 2 nitrogen and oxygen atoms in total. The van der Waals surface area contributed by atoms with Crippen LogP contribution in [-0.4, -0.2) is 36.6 Å². The van der Waals surface area contributed by atoms with Crippen molar-refractivity contribution in [2.24, 2.45) is 5.92 Å². The summed E-state index contributed by atoms with van der Waals surface area (Å²) in [6, 6.07) is 0. The van der Waals surface area contributed by atoms with E-state index in [1.807, 2.05) is 0 Å². The number of nitrogens with one attached hydrogen (secondary N) is 1. The Bertz CT molecular complexity index is 182. The van der Waals surface area contributed by atoms with Gasteiger partial charge in [-0.1, -0.05) is 33.6 Å². The van der Waals surface area contributed by atoms with Crippen molar-refractivity contribution in [2.45, 2.75) is 72.8 Å². The molecule has 0 fully saturated rings. The van der Waals surface area contributed by atoms with Gasteiger partial charge < -0.3 is 10.2 Å². The maximum atomic E-state index is 3.55. The minimum atomic E-state index is 0.274. The number of unbranched alkanes of at least 4 members (excludes halogenated alkanes) is 3. The van der Waals surface area contributed by atoms with Gasteiger partial charge in [0.25, 0.3) is 0 Å². The Hall–Kier alpha value is -0.0800. The van der Waals surface area contributed by atoms with E-state index in [4.69, 9.17) is 0 Å². The number of rotatable bonds is 10. The standard InChI is InChI=1S/C16H36N2/c1-7-18(14-15(2)3)13-11-9-8-10-12-17-16(4,5)6/h15,17H,7-14H2,1-6H3. The Morgan fingerprint density at radius 1 is 1.00 bits per heavy atom. The van der Waals surface area contributed by atoms with Crippen LogP contribution in [0.25, 0.3) is 0 Å². The van der Waals surface area contributed by atoms with Crippen LogP contribution < -0.4 is 5.32 Å². The maximum Gasteiger partial charge on any atom is 0.00965 e. The molecule has 0 spiro atoms. The van der Waals surface area contributed by atoms with Gasteiger partial charge in [-0.05, 0) is 59.2 Å². The van der Waals surface area contributed by atoms with E-state index in [2.05, 4.69) is 51.8 Å². The van der Waals surface area contributed by atoms with Gasteiger partial charge in [-0.3, -0.25) is 0 Å². The van der Waals surface area contributed by atoms with Crippen LogP contribution in [0.4, 0.5) is 0 Å². The molecule has 0 aliphatic heterocycles. The highest BCUT2D eigenvalue weighted by Crippen LogP contribution is 2.05. The molecule has 0 saturated heterocycles. The van der Waals surface area contributed by atoms with Crippen LogP contribution in [0.2, 0.25) is 0 Å². The van der Waals surface area contributed by atoms with Crippen LogP contribution in [0.3, 0.4) is 0 Å². The van der Waals surface area contributed by atoms with Gasteiger partial charge in [0.15, 0.2) is 0 Å². The first kappa shape index (κ1) is 17.9. The Morgan fingerprint density at radius 3 is 2.11 bits per heavy atom. The lowest BCUT2D eigenvalue weighted by atomic mass is 10.1. The Labute approximate surface area is 116 Å². The Kier molecular flexibility index (Phi) is 9.76. The summed E-state index contributed by atoms with van der Waals surface area (Å²) < 4.78 is 0. The number of hydrogen-bond acceptors (Lipinski definition) is 2. The fourth-order valence-corrected chi connectivity index (χ4v) is 2.17. The highest BCUT2D eigenvalue weighted by Gasteiger charge is 2.07. The lowest BCUT2D eigenvalue weighted by Crippen LogP contribution is -2.36. The fourth-order valence-electron chi connectivity index (χ4n) is 2.17. The molecule has 0 aliphatic carbocycles. The number of hydrogen-bond donors (Lipinski definition) is 1. The molecule has 0 aromatic carbocycles. The van der Waals surface area contributed by atoms with Gasteiger partial charge >= 0.3 is 0 Å². The van der Waals surface area contributed by atoms with E-state index in [9.17, 15) is 0 Å². The third kappa shape index (κ3) is 12.4. The highest BCUT2D eigenvalue weighted by molar-refractivity contribution is 4.69. The maximum absolute atomic E-state index is 3.55. The zero-order valence-corrected chi connectivity index (χ0v) is 13.7. The van der Waals surface area contributed by atoms with Gasteiger partial charge in [-0.2, -0.15) is 0 Å². The molecular formula is C16H36N2. The molecule has 0 heterocycles. The van der Waals surface area contributed by atoms with Crippen molar-refractivity contribution in [3.8, 4) is 0 Å². The van der Waals surface area contributed by atoms with Crippen molar-refractivity contribution in [3.63, 3.8) is 0 Å². The van der Waals surface area contributed by atoms with Crippen molar-refractivity contribution < 1.29 is 0 Å². The summed E-state index contributed by atoms with van der Waals surface area (Å²) in [5.74, 6) is 0.793. The third-order valence-corrected chi connectivity index (χ3v) is 3.13. The van der Waals surface area contributed by atoms with E-state index in [1.54, 1.807) is 0 Å². The van der Waals surface area contributed by atoms with Crippen LogP contribution in [0, 0.1) is 5.92 Å². The van der Waals surface area contributed by atoms with Crippen LogP contribution in [0.1, 0.15) is 67.2 Å². The lowest BCUT2D eigenvalue weighted by Gasteiger charge is -2.22. The van der Waals surface area contributed by atoms with Crippen molar-refractivity contribution >= 4 is 0 Å². The summed E-state index contributed by atoms with van der Waals surface area (Å²) in [6.07, 6.45) is 5.41. The van der Waals surface area contributed by atoms with E-state index in [-0.39, 0.29) is 5.54 Å². The Morgan fingerprint density at radius 2 is 1.61 bits per heavy atom. The molecule has 0 bridgehead atoms. The van der Waals surface area contributed by atoms with Crippen LogP contribution >= 0.6 is 0 Å². The van der Waals surface area contributed by atoms with E-state index in [0.29, 0.717) is 0 Å². The first-order valence-corrected chi connectivity index (χ1v) is 7.82. The molecule has 0 unspecified atom stereocenters. The quantitative estimate of drug-likeness (QED) is 0.596. The minimum absolute atomic E-state index is 0.274. The van der Waals surface area contributed by atoms with Crippen LogP contribution in [-0.2, 0) is 0 Å². The molecule has 0 radical (unpaired) electrons. The zero-order valence-electron chi connectivity index (χ0n) is 13.7. The average Bonchev–Trinajstić information content (AvgIpc) is 2.24. The van der Waals surface area contributed by atoms with Gasteiger partial charge in [0, 0.05) is 12.1 Å². The second kappa shape index (κ2) is 9.80. The third-order valence-electron chi connectivity index (χ3n) is 3.13. The summed E-state index contributed by atoms with van der Waals surface area (Å²) in [6.45, 7) is 18.5. The Balaban J connectivity index is 3.38. The van der Waals surface area contributed by atoms with Crippen molar-refractivity contribution in [1.82, 2.24) is 10.2 Å². The molecule has 18 heavy (non-hydrogen) atoms. The molecule has 0 amide bonds.